The van der Waals surface area contributed by atoms with Crippen LogP contribution in [0.1, 0.15) is 40.2 Å². The van der Waals surface area contributed by atoms with Crippen molar-refractivity contribution in [2.45, 2.75) is 65.3 Å². The fourth-order valence-corrected chi connectivity index (χ4v) is 3.73. The van der Waals surface area contributed by atoms with Crippen molar-refractivity contribution in [3.05, 3.63) is 60.2 Å². The average Bonchev–Trinajstić information content (AvgIpc) is 2.46. The van der Waals surface area contributed by atoms with Crippen LogP contribution in [0.2, 0.25) is 18.1 Å². The fourth-order valence-electron chi connectivity index (χ4n) is 2.33. The van der Waals surface area contributed by atoms with Gasteiger partial charge < -0.3 is 4.43 Å². The lowest BCUT2D eigenvalue weighted by molar-refractivity contribution is 0.145. The van der Waals surface area contributed by atoms with Crippen molar-refractivity contribution in [2.24, 2.45) is 5.92 Å². The summed E-state index contributed by atoms with van der Waals surface area (Å²) in [5, 5.41) is 0.221. The topological polar surface area (TPSA) is 9.23 Å². The van der Waals surface area contributed by atoms with Crippen LogP contribution >= 0.6 is 0 Å². The molecule has 0 unspecified atom stereocenters. The van der Waals surface area contributed by atoms with Crippen LogP contribution in [-0.2, 0) is 10.8 Å². The van der Waals surface area contributed by atoms with Gasteiger partial charge in [-0.25, -0.2) is 0 Å². The zero-order valence-electron chi connectivity index (χ0n) is 16.0. The van der Waals surface area contributed by atoms with E-state index in [4.69, 9.17) is 4.43 Å². The number of benzene rings is 1. The molecule has 0 heterocycles. The summed E-state index contributed by atoms with van der Waals surface area (Å²) in [6.45, 7) is 19.8. The van der Waals surface area contributed by atoms with Gasteiger partial charge in [-0.05, 0) is 43.0 Å². The Morgan fingerprint density at radius 3 is 2.26 bits per heavy atom. The largest absolute Gasteiger partial charge is 0.413 e. The Labute approximate surface area is 144 Å². The molecule has 0 fully saturated rings. The van der Waals surface area contributed by atoms with E-state index < -0.39 is 8.32 Å². The van der Waals surface area contributed by atoms with E-state index in [-0.39, 0.29) is 11.1 Å². The van der Waals surface area contributed by atoms with Gasteiger partial charge in [0.1, 0.15) is 0 Å². The van der Waals surface area contributed by atoms with Gasteiger partial charge >= 0.3 is 0 Å². The van der Waals surface area contributed by atoms with Crippen molar-refractivity contribution in [1.82, 2.24) is 0 Å². The first kappa shape index (κ1) is 19.9. The van der Waals surface area contributed by atoms with Gasteiger partial charge in [0.25, 0.3) is 0 Å². The van der Waals surface area contributed by atoms with Crippen LogP contribution in [0.5, 0.6) is 0 Å². The molecule has 0 aliphatic heterocycles. The first-order chi connectivity index (χ1) is 10.6. The van der Waals surface area contributed by atoms with Crippen molar-refractivity contribution in [1.29, 1.82) is 0 Å². The number of rotatable bonds is 7. The summed E-state index contributed by atoms with van der Waals surface area (Å²) in [5.74, 6) is 0.363. The summed E-state index contributed by atoms with van der Waals surface area (Å²) in [6.07, 6.45) is 5.36. The van der Waals surface area contributed by atoms with Crippen molar-refractivity contribution >= 4 is 8.32 Å². The number of hydrogen-bond donors (Lipinski definition) is 0. The van der Waals surface area contributed by atoms with Gasteiger partial charge in [-0.3, -0.25) is 0 Å². The molecule has 0 N–H and O–H groups in total. The Hall–Kier alpha value is -1.12. The Morgan fingerprint density at radius 2 is 1.78 bits per heavy atom. The van der Waals surface area contributed by atoms with Gasteiger partial charge in [0.15, 0.2) is 8.32 Å². The molecule has 0 aromatic heterocycles. The van der Waals surface area contributed by atoms with Crippen LogP contribution in [0.3, 0.4) is 0 Å². The molecule has 0 bridgehead atoms. The SMILES string of the molecule is C=C/C(C)=C\[C@@H](C)[C@@H](Cc1ccccc1)O[Si](C)(C)C(C)(C)C. The highest BCUT2D eigenvalue weighted by atomic mass is 28.4. The Bertz CT molecular complexity index is 523. The highest BCUT2D eigenvalue weighted by Crippen LogP contribution is 2.38. The summed E-state index contributed by atoms with van der Waals surface area (Å²) in [6, 6.07) is 10.7. The molecule has 2 heteroatoms. The van der Waals surface area contributed by atoms with E-state index in [1.807, 2.05) is 6.08 Å². The van der Waals surface area contributed by atoms with Crippen LogP contribution in [0, 0.1) is 5.92 Å². The fraction of sp³-hybridized carbons (Fsp3) is 0.524. The summed E-state index contributed by atoms with van der Waals surface area (Å²) < 4.78 is 6.77. The summed E-state index contributed by atoms with van der Waals surface area (Å²) in [5.41, 5.74) is 2.56. The van der Waals surface area contributed by atoms with Crippen LogP contribution in [0.25, 0.3) is 0 Å². The van der Waals surface area contributed by atoms with Gasteiger partial charge in [-0.15, -0.1) is 0 Å². The third-order valence-corrected chi connectivity index (χ3v) is 9.47. The van der Waals surface area contributed by atoms with Crippen molar-refractivity contribution in [3.63, 3.8) is 0 Å². The number of allylic oxidation sites excluding steroid dienone is 2. The third kappa shape index (κ3) is 6.12. The molecule has 1 aromatic rings. The standard InChI is InChI=1S/C21H34OSi/c1-9-17(2)15-18(3)20(16-19-13-11-10-12-14-19)22-23(7,8)21(4,5)6/h9-15,18,20H,1,16H2,2-8H3/b17-15-/t18-,20-/m1/s1. The molecule has 2 atom stereocenters. The molecular formula is C21H34OSi. The molecule has 1 aromatic carbocycles. The smallest absolute Gasteiger partial charge is 0.192 e. The van der Waals surface area contributed by atoms with E-state index >= 15 is 0 Å². The quantitative estimate of drug-likeness (QED) is 0.416. The Kier molecular flexibility index (Phi) is 7.03. The molecule has 1 rings (SSSR count). The minimum absolute atomic E-state index is 0.202. The maximum atomic E-state index is 6.77. The van der Waals surface area contributed by atoms with Crippen molar-refractivity contribution in [2.75, 3.05) is 0 Å². The summed E-state index contributed by atoms with van der Waals surface area (Å²) in [4.78, 5) is 0. The molecule has 0 spiro atoms. The zero-order valence-corrected chi connectivity index (χ0v) is 17.0. The molecule has 0 saturated heterocycles. The highest BCUT2D eigenvalue weighted by Gasteiger charge is 2.39. The monoisotopic (exact) mass is 330 g/mol. The molecular weight excluding hydrogens is 296 g/mol. The van der Waals surface area contributed by atoms with Gasteiger partial charge in [-0.2, -0.15) is 0 Å². The van der Waals surface area contributed by atoms with Crippen LogP contribution in [0.15, 0.2) is 54.6 Å². The second-order valence-electron chi connectivity index (χ2n) is 8.08. The van der Waals surface area contributed by atoms with E-state index in [1.165, 1.54) is 11.1 Å². The van der Waals surface area contributed by atoms with Crippen LogP contribution < -0.4 is 0 Å². The second-order valence-corrected chi connectivity index (χ2v) is 12.8. The van der Waals surface area contributed by atoms with Gasteiger partial charge in [-0.1, -0.05) is 82.3 Å². The van der Waals surface area contributed by atoms with Crippen LogP contribution in [-0.4, -0.2) is 14.4 Å². The predicted molar refractivity (Wildman–Crippen MR) is 105 cm³/mol. The molecule has 0 saturated carbocycles. The molecule has 0 aliphatic carbocycles. The summed E-state index contributed by atoms with van der Waals surface area (Å²) in [7, 11) is -1.80. The first-order valence-electron chi connectivity index (χ1n) is 8.59. The van der Waals surface area contributed by atoms with E-state index in [9.17, 15) is 0 Å². The predicted octanol–water partition coefficient (Wildman–Crippen LogP) is 6.39. The van der Waals surface area contributed by atoms with Crippen LogP contribution in [0.4, 0.5) is 0 Å². The van der Waals surface area contributed by atoms with Crippen molar-refractivity contribution in [3.8, 4) is 0 Å². The van der Waals surface area contributed by atoms with Crippen molar-refractivity contribution < 1.29 is 4.43 Å². The molecule has 1 nitrogen and oxygen atoms in total. The second kappa shape index (κ2) is 8.12. The molecule has 0 amide bonds. The number of hydrogen-bond acceptors (Lipinski definition) is 1. The molecule has 0 radical (unpaired) electrons. The van der Waals surface area contributed by atoms with E-state index in [0.29, 0.717) is 5.92 Å². The maximum Gasteiger partial charge on any atom is 0.192 e. The molecule has 0 aliphatic rings. The lowest BCUT2D eigenvalue weighted by Gasteiger charge is -2.40. The van der Waals surface area contributed by atoms with E-state index in [0.717, 1.165) is 6.42 Å². The third-order valence-electron chi connectivity index (χ3n) is 4.97. The van der Waals surface area contributed by atoms with E-state index in [1.54, 1.807) is 0 Å². The Morgan fingerprint density at radius 1 is 1.22 bits per heavy atom. The minimum atomic E-state index is -1.80. The van der Waals surface area contributed by atoms with Gasteiger partial charge in [0.2, 0.25) is 0 Å². The normalized spacial score (nSPS) is 16.0. The highest BCUT2D eigenvalue weighted by molar-refractivity contribution is 6.74. The van der Waals surface area contributed by atoms with Gasteiger partial charge in [0.05, 0.1) is 6.10 Å². The molecule has 128 valence electrons. The summed E-state index contributed by atoms with van der Waals surface area (Å²) >= 11 is 0. The maximum absolute atomic E-state index is 6.77. The van der Waals surface area contributed by atoms with E-state index in [2.05, 4.69) is 90.7 Å². The van der Waals surface area contributed by atoms with Gasteiger partial charge in [0, 0.05) is 0 Å². The minimum Gasteiger partial charge on any atom is -0.413 e. The first-order valence-corrected chi connectivity index (χ1v) is 11.5. The Balaban J connectivity index is 3.03. The molecule has 23 heavy (non-hydrogen) atoms. The lowest BCUT2D eigenvalue weighted by atomic mass is 9.96. The lowest BCUT2D eigenvalue weighted by Crippen LogP contribution is -2.46. The average molecular weight is 331 g/mol. The zero-order chi connectivity index (χ0) is 17.7.